The highest BCUT2D eigenvalue weighted by Crippen LogP contribution is 2.28. The molecule has 0 saturated carbocycles. The summed E-state index contributed by atoms with van der Waals surface area (Å²) in [5.74, 6) is -0.783. The predicted octanol–water partition coefficient (Wildman–Crippen LogP) is 2.53. The molecule has 116 valence electrons. The molecule has 0 radical (unpaired) electrons. The fourth-order valence-corrected chi connectivity index (χ4v) is 2.85. The molecule has 0 aliphatic carbocycles. The first-order valence-electron chi connectivity index (χ1n) is 7.62. The zero-order valence-corrected chi connectivity index (χ0v) is 13.2. The number of carboxylic acid groups (broad SMARTS) is 1. The van der Waals surface area contributed by atoms with E-state index in [4.69, 9.17) is 5.73 Å². The monoisotopic (exact) mass is 290 g/mol. The Labute approximate surface area is 126 Å². The van der Waals surface area contributed by atoms with Gasteiger partial charge in [-0.15, -0.1) is 0 Å². The molecule has 1 heterocycles. The van der Waals surface area contributed by atoms with Crippen LogP contribution >= 0.6 is 0 Å². The molecule has 1 aliphatic rings. The van der Waals surface area contributed by atoms with Crippen LogP contribution in [0.25, 0.3) is 0 Å². The standard InChI is InChI=1S/C17H26N2O2/c1-17(2,3)13-6-4-12(5-7-13)15(16(20)21)19-10-8-14(18)9-11-19/h4-7,14-15H,8-11,18H2,1-3H3,(H,20,21). The highest BCUT2D eigenvalue weighted by atomic mass is 16.4. The Kier molecular flexibility index (Phi) is 4.69. The molecule has 1 aliphatic heterocycles. The molecule has 21 heavy (non-hydrogen) atoms. The van der Waals surface area contributed by atoms with Gasteiger partial charge >= 0.3 is 5.97 Å². The van der Waals surface area contributed by atoms with Crippen LogP contribution in [0, 0.1) is 0 Å². The smallest absolute Gasteiger partial charge is 0.325 e. The molecule has 3 N–H and O–H groups in total. The Morgan fingerprint density at radius 1 is 1.24 bits per heavy atom. The highest BCUT2D eigenvalue weighted by Gasteiger charge is 2.30. The van der Waals surface area contributed by atoms with E-state index < -0.39 is 12.0 Å². The van der Waals surface area contributed by atoms with Crippen molar-refractivity contribution in [2.24, 2.45) is 5.73 Å². The third-order valence-corrected chi connectivity index (χ3v) is 4.27. The van der Waals surface area contributed by atoms with E-state index in [1.54, 1.807) is 0 Å². The summed E-state index contributed by atoms with van der Waals surface area (Å²) < 4.78 is 0. The summed E-state index contributed by atoms with van der Waals surface area (Å²) in [4.78, 5) is 13.7. The highest BCUT2D eigenvalue weighted by molar-refractivity contribution is 5.75. The largest absolute Gasteiger partial charge is 0.480 e. The minimum absolute atomic E-state index is 0.0785. The summed E-state index contributed by atoms with van der Waals surface area (Å²) >= 11 is 0. The van der Waals surface area contributed by atoms with Crippen LogP contribution in [0.1, 0.15) is 50.8 Å². The first-order chi connectivity index (χ1) is 9.79. The Morgan fingerprint density at radius 3 is 2.19 bits per heavy atom. The van der Waals surface area contributed by atoms with Crippen LogP contribution in [0.15, 0.2) is 24.3 Å². The number of nitrogens with zero attached hydrogens (tertiary/aromatic N) is 1. The van der Waals surface area contributed by atoms with E-state index in [2.05, 4.69) is 20.8 Å². The van der Waals surface area contributed by atoms with Crippen molar-refractivity contribution in [3.8, 4) is 0 Å². The number of nitrogens with two attached hydrogens (primary N) is 1. The number of benzene rings is 1. The van der Waals surface area contributed by atoms with Crippen LogP contribution in [0.3, 0.4) is 0 Å². The first-order valence-corrected chi connectivity index (χ1v) is 7.62. The second-order valence-corrected chi connectivity index (χ2v) is 6.99. The summed E-state index contributed by atoms with van der Waals surface area (Å²) in [5.41, 5.74) is 8.06. The normalized spacial score (nSPS) is 19.4. The maximum Gasteiger partial charge on any atom is 0.325 e. The lowest BCUT2D eigenvalue weighted by molar-refractivity contribution is -0.144. The average Bonchev–Trinajstić information content (AvgIpc) is 2.40. The van der Waals surface area contributed by atoms with Gasteiger partial charge in [0.15, 0.2) is 0 Å². The first kappa shape index (κ1) is 16.0. The summed E-state index contributed by atoms with van der Waals surface area (Å²) in [6, 6.07) is 7.63. The minimum atomic E-state index is -0.783. The van der Waals surface area contributed by atoms with E-state index in [1.807, 2.05) is 29.2 Å². The quantitative estimate of drug-likeness (QED) is 0.897. The molecule has 1 fully saturated rings. The van der Waals surface area contributed by atoms with Gasteiger partial charge in [-0.25, -0.2) is 0 Å². The third kappa shape index (κ3) is 3.83. The van der Waals surface area contributed by atoms with E-state index >= 15 is 0 Å². The molecule has 0 amide bonds. The SMILES string of the molecule is CC(C)(C)c1ccc(C(C(=O)O)N2CCC(N)CC2)cc1. The fraction of sp³-hybridized carbons (Fsp3) is 0.588. The second kappa shape index (κ2) is 6.16. The number of piperidine rings is 1. The van der Waals surface area contributed by atoms with Crippen molar-refractivity contribution in [2.45, 2.75) is 51.1 Å². The van der Waals surface area contributed by atoms with Gasteiger partial charge in [0.2, 0.25) is 0 Å². The number of rotatable bonds is 3. The summed E-state index contributed by atoms with van der Waals surface area (Å²) in [7, 11) is 0. The van der Waals surface area contributed by atoms with Gasteiger partial charge in [-0.3, -0.25) is 9.69 Å². The zero-order valence-electron chi connectivity index (χ0n) is 13.2. The van der Waals surface area contributed by atoms with Crippen molar-refractivity contribution in [2.75, 3.05) is 13.1 Å². The van der Waals surface area contributed by atoms with Gasteiger partial charge < -0.3 is 10.8 Å². The maximum atomic E-state index is 11.7. The van der Waals surface area contributed by atoms with Crippen molar-refractivity contribution >= 4 is 5.97 Å². The predicted molar refractivity (Wildman–Crippen MR) is 84.3 cm³/mol. The van der Waals surface area contributed by atoms with Crippen molar-refractivity contribution in [3.05, 3.63) is 35.4 Å². The van der Waals surface area contributed by atoms with Gasteiger partial charge in [0.25, 0.3) is 0 Å². The van der Waals surface area contributed by atoms with Crippen molar-refractivity contribution in [3.63, 3.8) is 0 Å². The average molecular weight is 290 g/mol. The molecule has 1 aromatic rings. The van der Waals surface area contributed by atoms with Crippen molar-refractivity contribution in [1.82, 2.24) is 4.90 Å². The van der Waals surface area contributed by atoms with E-state index in [0.29, 0.717) is 0 Å². The van der Waals surface area contributed by atoms with Gasteiger partial charge in [-0.05, 0) is 29.4 Å². The van der Waals surface area contributed by atoms with Gasteiger partial charge in [0.05, 0.1) is 0 Å². The third-order valence-electron chi connectivity index (χ3n) is 4.27. The van der Waals surface area contributed by atoms with E-state index in [9.17, 15) is 9.90 Å². The van der Waals surface area contributed by atoms with E-state index in [-0.39, 0.29) is 11.5 Å². The molecule has 2 rings (SSSR count). The number of carboxylic acids is 1. The fourth-order valence-electron chi connectivity index (χ4n) is 2.85. The van der Waals surface area contributed by atoms with E-state index in [1.165, 1.54) is 5.56 Å². The summed E-state index contributed by atoms with van der Waals surface area (Å²) in [6.45, 7) is 7.96. The minimum Gasteiger partial charge on any atom is -0.480 e. The molecule has 1 unspecified atom stereocenters. The van der Waals surface area contributed by atoms with E-state index in [0.717, 1.165) is 31.5 Å². The van der Waals surface area contributed by atoms with Crippen molar-refractivity contribution < 1.29 is 9.90 Å². The lowest BCUT2D eigenvalue weighted by Gasteiger charge is -2.34. The van der Waals surface area contributed by atoms with Crippen LogP contribution in [0.2, 0.25) is 0 Å². The molecule has 4 heteroatoms. The van der Waals surface area contributed by atoms with Crippen molar-refractivity contribution in [1.29, 1.82) is 0 Å². The Hall–Kier alpha value is -1.39. The molecule has 0 aromatic heterocycles. The second-order valence-electron chi connectivity index (χ2n) is 6.99. The molecular formula is C17H26N2O2. The topological polar surface area (TPSA) is 66.6 Å². The molecule has 4 nitrogen and oxygen atoms in total. The number of hydrogen-bond acceptors (Lipinski definition) is 3. The molecule has 1 aromatic carbocycles. The molecule has 1 saturated heterocycles. The lowest BCUT2D eigenvalue weighted by Crippen LogP contribution is -2.43. The Balaban J connectivity index is 2.21. The summed E-state index contributed by atoms with van der Waals surface area (Å²) in [5, 5.41) is 9.60. The maximum absolute atomic E-state index is 11.7. The Bertz CT molecular complexity index is 483. The number of likely N-dealkylation sites (tertiary alicyclic amines) is 1. The van der Waals surface area contributed by atoms with Crippen LogP contribution < -0.4 is 5.73 Å². The van der Waals surface area contributed by atoms with Gasteiger partial charge in [0, 0.05) is 19.1 Å². The molecule has 0 bridgehead atoms. The zero-order chi connectivity index (χ0) is 15.6. The van der Waals surface area contributed by atoms with Gasteiger partial charge in [-0.2, -0.15) is 0 Å². The number of hydrogen-bond donors (Lipinski definition) is 2. The number of carbonyl (C=O) groups is 1. The van der Waals surface area contributed by atoms with Gasteiger partial charge in [0.1, 0.15) is 6.04 Å². The van der Waals surface area contributed by atoms with Crippen LogP contribution in [0.5, 0.6) is 0 Å². The van der Waals surface area contributed by atoms with Crippen LogP contribution in [0.4, 0.5) is 0 Å². The summed E-state index contributed by atoms with van der Waals surface area (Å²) in [6.07, 6.45) is 1.73. The molecular weight excluding hydrogens is 264 g/mol. The van der Waals surface area contributed by atoms with Gasteiger partial charge in [-0.1, -0.05) is 45.0 Å². The lowest BCUT2D eigenvalue weighted by atomic mass is 9.86. The number of aliphatic carboxylic acids is 1. The molecule has 1 atom stereocenters. The molecule has 0 spiro atoms. The Morgan fingerprint density at radius 2 is 1.76 bits per heavy atom. The van der Waals surface area contributed by atoms with Crippen LogP contribution in [-0.4, -0.2) is 35.1 Å². The van der Waals surface area contributed by atoms with Crippen LogP contribution in [-0.2, 0) is 10.2 Å².